The van der Waals surface area contributed by atoms with Crippen molar-refractivity contribution >= 4 is 21.5 Å². The van der Waals surface area contributed by atoms with Gasteiger partial charge in [0, 0.05) is 0 Å². The van der Waals surface area contributed by atoms with Gasteiger partial charge in [-0.1, -0.05) is 73.2 Å². The molecule has 0 radical (unpaired) electrons. The molecule has 21 heavy (non-hydrogen) atoms. The van der Waals surface area contributed by atoms with Crippen molar-refractivity contribution < 1.29 is 0 Å². The molecular weight excluding hydrogens is 252 g/mol. The molecule has 3 aromatic carbocycles. The number of hydrogen-bond acceptors (Lipinski definition) is 0. The molecule has 0 spiro atoms. The number of aryl methyl sites for hydroxylation is 2. The van der Waals surface area contributed by atoms with Crippen LogP contribution in [-0.2, 0) is 6.42 Å². The Morgan fingerprint density at radius 2 is 1.19 bits per heavy atom. The Morgan fingerprint density at radius 3 is 1.86 bits per heavy atom. The second-order valence-electron chi connectivity index (χ2n) is 5.50. The fourth-order valence-electron chi connectivity index (χ4n) is 2.59. The van der Waals surface area contributed by atoms with Crippen molar-refractivity contribution in [2.75, 3.05) is 0 Å². The summed E-state index contributed by atoms with van der Waals surface area (Å²) in [5.41, 5.74) is 2.63. The Bertz CT molecular complexity index is 842. The predicted octanol–water partition coefficient (Wildman–Crippen LogP) is 5.99. The molecule has 0 nitrogen and oxygen atoms in total. The highest BCUT2D eigenvalue weighted by molar-refractivity contribution is 5.97. The first-order valence-corrected chi connectivity index (χ1v) is 7.52. The van der Waals surface area contributed by atoms with Crippen molar-refractivity contribution in [1.82, 2.24) is 0 Å². The fraction of sp³-hybridized carbons (Fsp3) is 0.143. The number of rotatable bonds is 1. The van der Waals surface area contributed by atoms with Crippen molar-refractivity contribution in [2.45, 2.75) is 20.3 Å². The van der Waals surface area contributed by atoms with E-state index in [9.17, 15) is 0 Å². The average Bonchev–Trinajstić information content (AvgIpc) is 2.45. The van der Waals surface area contributed by atoms with Crippen molar-refractivity contribution in [1.29, 1.82) is 0 Å². The van der Waals surface area contributed by atoms with E-state index in [1.165, 1.54) is 32.7 Å². The van der Waals surface area contributed by atoms with Crippen molar-refractivity contribution in [3.05, 3.63) is 83.9 Å². The van der Waals surface area contributed by atoms with Crippen molar-refractivity contribution in [3.63, 3.8) is 0 Å². The normalized spacial score (nSPS) is 10.6. The zero-order chi connectivity index (χ0) is 14.7. The minimum atomic E-state index is 1.06. The highest BCUT2D eigenvalue weighted by atomic mass is 14.0. The standard InChI is InChI=1S/C21H20/c1-3-17-7-5-9-19-14-20-12-10-16(2)6-4-8-18(20)15-21(19)13-11-17/h4-15H,3H2,1-2H3. The third-order valence-electron chi connectivity index (χ3n) is 3.92. The highest BCUT2D eigenvalue weighted by Gasteiger charge is 1.95. The van der Waals surface area contributed by atoms with Crippen LogP contribution in [0.1, 0.15) is 18.1 Å². The molecule has 0 aromatic heterocycles. The van der Waals surface area contributed by atoms with Crippen LogP contribution < -0.4 is 0 Å². The smallest absolute Gasteiger partial charge is 0.0178 e. The van der Waals surface area contributed by atoms with Gasteiger partial charge in [-0.05, 0) is 52.6 Å². The molecule has 0 heteroatoms. The Hall–Kier alpha value is -2.34. The van der Waals surface area contributed by atoms with E-state index in [-0.39, 0.29) is 0 Å². The van der Waals surface area contributed by atoms with E-state index in [1.807, 2.05) is 0 Å². The lowest BCUT2D eigenvalue weighted by Crippen LogP contribution is -1.77. The summed E-state index contributed by atoms with van der Waals surface area (Å²) in [7, 11) is 0. The van der Waals surface area contributed by atoms with Gasteiger partial charge in [-0.3, -0.25) is 0 Å². The summed E-state index contributed by atoms with van der Waals surface area (Å²) in [6.45, 7) is 4.31. The van der Waals surface area contributed by atoms with Crippen LogP contribution in [0, 0.1) is 6.92 Å². The van der Waals surface area contributed by atoms with Crippen LogP contribution in [0.15, 0.2) is 72.8 Å². The van der Waals surface area contributed by atoms with E-state index in [4.69, 9.17) is 0 Å². The first kappa shape index (κ1) is 13.6. The van der Waals surface area contributed by atoms with Crippen LogP contribution in [0.5, 0.6) is 0 Å². The van der Waals surface area contributed by atoms with Gasteiger partial charge < -0.3 is 0 Å². The van der Waals surface area contributed by atoms with Crippen molar-refractivity contribution in [3.8, 4) is 0 Å². The van der Waals surface area contributed by atoms with Crippen LogP contribution in [0.25, 0.3) is 21.5 Å². The number of benzene rings is 1. The van der Waals surface area contributed by atoms with Crippen LogP contribution in [-0.4, -0.2) is 0 Å². The van der Waals surface area contributed by atoms with Gasteiger partial charge in [-0.2, -0.15) is 0 Å². The molecule has 0 amide bonds. The lowest BCUT2D eigenvalue weighted by Gasteiger charge is -2.01. The van der Waals surface area contributed by atoms with Crippen LogP contribution in [0.2, 0.25) is 0 Å². The van der Waals surface area contributed by atoms with E-state index < -0.39 is 0 Å². The van der Waals surface area contributed by atoms with E-state index in [2.05, 4.69) is 86.6 Å². The molecule has 0 aliphatic rings. The molecule has 0 heterocycles. The third-order valence-corrected chi connectivity index (χ3v) is 3.92. The second-order valence-corrected chi connectivity index (χ2v) is 5.50. The zero-order valence-electron chi connectivity index (χ0n) is 12.6. The van der Waals surface area contributed by atoms with Gasteiger partial charge in [0.25, 0.3) is 0 Å². The van der Waals surface area contributed by atoms with E-state index in [0.29, 0.717) is 0 Å². The van der Waals surface area contributed by atoms with Crippen molar-refractivity contribution in [2.24, 2.45) is 0 Å². The molecule has 0 atom stereocenters. The zero-order valence-corrected chi connectivity index (χ0v) is 12.6. The predicted molar refractivity (Wildman–Crippen MR) is 93.2 cm³/mol. The minimum Gasteiger partial charge on any atom is -0.0614 e. The van der Waals surface area contributed by atoms with E-state index in [1.54, 1.807) is 0 Å². The Balaban J connectivity index is 2.35. The quantitative estimate of drug-likeness (QED) is 0.510. The maximum atomic E-state index is 2.28. The summed E-state index contributed by atoms with van der Waals surface area (Å²) in [6.07, 6.45) is 1.06. The van der Waals surface area contributed by atoms with Gasteiger partial charge >= 0.3 is 0 Å². The van der Waals surface area contributed by atoms with E-state index in [0.717, 1.165) is 6.42 Å². The summed E-state index contributed by atoms with van der Waals surface area (Å²) < 4.78 is 0. The Labute approximate surface area is 126 Å². The first-order valence-electron chi connectivity index (χ1n) is 7.52. The second kappa shape index (κ2) is 5.97. The Kier molecular flexibility index (Phi) is 3.87. The van der Waals surface area contributed by atoms with Gasteiger partial charge in [0.05, 0.1) is 0 Å². The Morgan fingerprint density at radius 1 is 0.619 bits per heavy atom. The lowest BCUT2D eigenvalue weighted by molar-refractivity contribution is 1.14. The summed E-state index contributed by atoms with van der Waals surface area (Å²) in [5.74, 6) is 0. The maximum absolute atomic E-state index is 2.28. The van der Waals surface area contributed by atoms with Gasteiger partial charge in [0.1, 0.15) is 0 Å². The largest absolute Gasteiger partial charge is 0.0614 e. The van der Waals surface area contributed by atoms with Gasteiger partial charge in [-0.25, -0.2) is 0 Å². The van der Waals surface area contributed by atoms with Gasteiger partial charge in [0.2, 0.25) is 0 Å². The molecule has 0 aliphatic carbocycles. The summed E-state index contributed by atoms with van der Waals surface area (Å²) >= 11 is 0. The molecule has 0 aliphatic heterocycles. The monoisotopic (exact) mass is 272 g/mol. The first-order chi connectivity index (χ1) is 10.3. The van der Waals surface area contributed by atoms with Crippen LogP contribution >= 0.6 is 0 Å². The average molecular weight is 272 g/mol. The summed E-state index contributed by atoms with van der Waals surface area (Å²) in [6, 6.07) is 26.4. The minimum absolute atomic E-state index is 1.06. The molecule has 0 N–H and O–H groups in total. The number of fused-ring (bicyclic) bond motifs is 2. The third kappa shape index (κ3) is 3.05. The molecule has 3 rings (SSSR count). The molecular formula is C21H20. The van der Waals surface area contributed by atoms with Crippen LogP contribution in [0.3, 0.4) is 0 Å². The molecule has 0 bridgehead atoms. The topological polar surface area (TPSA) is 0 Å². The number of hydrogen-bond donors (Lipinski definition) is 0. The van der Waals surface area contributed by atoms with E-state index >= 15 is 0 Å². The fourth-order valence-corrected chi connectivity index (χ4v) is 2.59. The molecule has 0 saturated carbocycles. The molecule has 0 fully saturated rings. The van der Waals surface area contributed by atoms with Crippen LogP contribution in [0.4, 0.5) is 0 Å². The maximum Gasteiger partial charge on any atom is -0.0178 e. The van der Waals surface area contributed by atoms with Gasteiger partial charge in [-0.15, -0.1) is 0 Å². The molecule has 0 unspecified atom stereocenters. The van der Waals surface area contributed by atoms with Gasteiger partial charge in [0.15, 0.2) is 0 Å². The summed E-state index contributed by atoms with van der Waals surface area (Å²) in [5, 5.41) is 5.10. The lowest BCUT2D eigenvalue weighted by atomic mass is 10.0. The molecule has 3 aromatic rings. The highest BCUT2D eigenvalue weighted by Crippen LogP contribution is 2.21. The SMILES string of the molecule is CCc1cccc2cc3ccc(C)cccc3cc2cc1. The summed E-state index contributed by atoms with van der Waals surface area (Å²) in [4.78, 5) is 0. The molecule has 104 valence electrons. The molecule has 0 saturated heterocycles.